The molecule has 2 amide bonds. The van der Waals surface area contributed by atoms with Crippen molar-refractivity contribution in [3.05, 3.63) is 35.9 Å². The SMILES string of the molecule is O=C1CC2(CCN(C(=O)OCc3ccccc3)C2)N1. The van der Waals surface area contributed by atoms with Crippen LogP contribution in [0, 0.1) is 0 Å². The van der Waals surface area contributed by atoms with Crippen LogP contribution in [0.2, 0.25) is 0 Å². The Kier molecular flexibility index (Phi) is 2.89. The van der Waals surface area contributed by atoms with E-state index in [1.165, 1.54) is 0 Å². The molecule has 0 saturated carbocycles. The van der Waals surface area contributed by atoms with E-state index in [1.54, 1.807) is 4.90 Å². The van der Waals surface area contributed by atoms with Crippen LogP contribution in [0.25, 0.3) is 0 Å². The number of likely N-dealkylation sites (tertiary alicyclic amines) is 1. The number of benzene rings is 1. The second-order valence-corrected chi connectivity index (χ2v) is 5.22. The molecule has 5 heteroatoms. The zero-order chi connectivity index (χ0) is 13.3. The van der Waals surface area contributed by atoms with E-state index in [4.69, 9.17) is 4.74 Å². The third kappa shape index (κ3) is 2.41. The normalized spacial score (nSPS) is 25.1. The van der Waals surface area contributed by atoms with E-state index in [0.717, 1.165) is 12.0 Å². The summed E-state index contributed by atoms with van der Waals surface area (Å²) in [5.41, 5.74) is 0.796. The second kappa shape index (κ2) is 4.57. The Morgan fingerprint density at radius 1 is 1.37 bits per heavy atom. The Morgan fingerprint density at radius 2 is 2.11 bits per heavy atom. The van der Waals surface area contributed by atoms with Crippen LogP contribution in [0.3, 0.4) is 0 Å². The van der Waals surface area contributed by atoms with Gasteiger partial charge in [-0.25, -0.2) is 4.79 Å². The lowest BCUT2D eigenvalue weighted by Gasteiger charge is -2.38. The summed E-state index contributed by atoms with van der Waals surface area (Å²) in [6, 6.07) is 9.60. The van der Waals surface area contributed by atoms with Crippen LogP contribution in [-0.4, -0.2) is 35.5 Å². The Morgan fingerprint density at radius 3 is 2.79 bits per heavy atom. The van der Waals surface area contributed by atoms with Gasteiger partial charge in [-0.3, -0.25) is 4.79 Å². The van der Waals surface area contributed by atoms with Crippen LogP contribution in [0.4, 0.5) is 4.79 Å². The van der Waals surface area contributed by atoms with Gasteiger partial charge in [0.1, 0.15) is 6.61 Å². The minimum atomic E-state index is -0.304. The van der Waals surface area contributed by atoms with Gasteiger partial charge in [-0.2, -0.15) is 0 Å². The second-order valence-electron chi connectivity index (χ2n) is 5.22. The number of hydrogen-bond acceptors (Lipinski definition) is 3. The highest BCUT2D eigenvalue weighted by Gasteiger charge is 2.49. The summed E-state index contributed by atoms with van der Waals surface area (Å²) in [4.78, 5) is 24.6. The van der Waals surface area contributed by atoms with E-state index >= 15 is 0 Å². The van der Waals surface area contributed by atoms with Crippen LogP contribution in [-0.2, 0) is 16.1 Å². The fourth-order valence-electron chi connectivity index (χ4n) is 2.67. The third-order valence-corrected chi connectivity index (χ3v) is 3.72. The Hall–Kier alpha value is -2.04. The molecule has 100 valence electrons. The summed E-state index contributed by atoms with van der Waals surface area (Å²) in [5.74, 6) is 0.0690. The lowest BCUT2D eigenvalue weighted by Crippen LogP contribution is -2.62. The van der Waals surface area contributed by atoms with Gasteiger partial charge >= 0.3 is 6.09 Å². The number of carbonyl (C=O) groups is 2. The highest BCUT2D eigenvalue weighted by Crippen LogP contribution is 2.31. The zero-order valence-corrected chi connectivity index (χ0v) is 10.6. The van der Waals surface area contributed by atoms with E-state index < -0.39 is 0 Å². The van der Waals surface area contributed by atoms with Gasteiger partial charge in [0.15, 0.2) is 0 Å². The summed E-state index contributed by atoms with van der Waals surface area (Å²) in [6.07, 6.45) is 1.04. The topological polar surface area (TPSA) is 58.6 Å². The maximum Gasteiger partial charge on any atom is 0.410 e. The van der Waals surface area contributed by atoms with E-state index in [2.05, 4.69) is 5.32 Å². The summed E-state index contributed by atoms with van der Waals surface area (Å²) >= 11 is 0. The van der Waals surface area contributed by atoms with Gasteiger partial charge in [-0.15, -0.1) is 0 Å². The lowest BCUT2D eigenvalue weighted by atomic mass is 9.86. The molecule has 1 unspecified atom stereocenters. The molecule has 2 fully saturated rings. The number of rotatable bonds is 2. The van der Waals surface area contributed by atoms with Crippen LogP contribution in [0.1, 0.15) is 18.4 Å². The highest BCUT2D eigenvalue weighted by molar-refractivity contribution is 5.85. The zero-order valence-electron chi connectivity index (χ0n) is 10.6. The Labute approximate surface area is 111 Å². The van der Waals surface area contributed by atoms with Crippen molar-refractivity contribution in [3.63, 3.8) is 0 Å². The number of hydrogen-bond donors (Lipinski definition) is 1. The number of amides is 2. The Bertz CT molecular complexity index is 493. The number of β-lactam (4-membered cyclic amide) rings is 1. The molecule has 0 aromatic heterocycles. The molecule has 0 aliphatic carbocycles. The molecule has 1 aromatic rings. The maximum atomic E-state index is 11.9. The smallest absolute Gasteiger partial charge is 0.410 e. The molecule has 3 rings (SSSR count). The largest absolute Gasteiger partial charge is 0.445 e. The molecule has 1 N–H and O–H groups in total. The summed E-state index contributed by atoms with van der Waals surface area (Å²) < 4.78 is 5.28. The molecule has 2 saturated heterocycles. The van der Waals surface area contributed by atoms with Crippen molar-refractivity contribution < 1.29 is 14.3 Å². The lowest BCUT2D eigenvalue weighted by molar-refractivity contribution is -0.132. The first-order valence-corrected chi connectivity index (χ1v) is 6.44. The van der Waals surface area contributed by atoms with Gasteiger partial charge in [0.05, 0.1) is 12.0 Å². The number of ether oxygens (including phenoxy) is 1. The van der Waals surface area contributed by atoms with E-state index in [0.29, 0.717) is 19.5 Å². The van der Waals surface area contributed by atoms with Crippen molar-refractivity contribution in [2.24, 2.45) is 0 Å². The molecule has 19 heavy (non-hydrogen) atoms. The van der Waals surface area contributed by atoms with Crippen LogP contribution in [0.5, 0.6) is 0 Å². The standard InChI is InChI=1S/C14H16N2O3/c17-12-8-14(15-12)6-7-16(10-14)13(18)19-9-11-4-2-1-3-5-11/h1-5H,6-10H2,(H,15,17). The van der Waals surface area contributed by atoms with Crippen molar-refractivity contribution in [2.45, 2.75) is 25.0 Å². The van der Waals surface area contributed by atoms with E-state index in [-0.39, 0.29) is 24.1 Å². The van der Waals surface area contributed by atoms with E-state index in [1.807, 2.05) is 30.3 Å². The first-order valence-electron chi connectivity index (χ1n) is 6.44. The number of nitrogens with zero attached hydrogens (tertiary/aromatic N) is 1. The molecule has 2 aliphatic rings. The van der Waals surface area contributed by atoms with Crippen molar-refractivity contribution in [1.82, 2.24) is 10.2 Å². The molecule has 1 atom stereocenters. The molecular weight excluding hydrogens is 244 g/mol. The third-order valence-electron chi connectivity index (χ3n) is 3.72. The van der Waals surface area contributed by atoms with Gasteiger partial charge < -0.3 is 15.0 Å². The summed E-state index contributed by atoms with van der Waals surface area (Å²) in [7, 11) is 0. The fraction of sp³-hybridized carbons (Fsp3) is 0.429. The van der Waals surface area contributed by atoms with Crippen molar-refractivity contribution >= 4 is 12.0 Å². The molecule has 0 bridgehead atoms. The van der Waals surface area contributed by atoms with Crippen LogP contribution < -0.4 is 5.32 Å². The molecule has 1 aromatic carbocycles. The number of carbonyl (C=O) groups excluding carboxylic acids is 2. The molecule has 5 nitrogen and oxygen atoms in total. The van der Waals surface area contributed by atoms with Crippen molar-refractivity contribution in [3.8, 4) is 0 Å². The minimum absolute atomic E-state index is 0.0690. The molecule has 2 aliphatic heterocycles. The first kappa shape index (κ1) is 12.0. The molecule has 0 radical (unpaired) electrons. The van der Waals surface area contributed by atoms with Gasteiger partial charge in [0.2, 0.25) is 5.91 Å². The first-order chi connectivity index (χ1) is 9.17. The van der Waals surface area contributed by atoms with E-state index in [9.17, 15) is 9.59 Å². The maximum absolute atomic E-state index is 11.9. The predicted molar refractivity (Wildman–Crippen MR) is 68.3 cm³/mol. The molecule has 2 heterocycles. The fourth-order valence-corrected chi connectivity index (χ4v) is 2.67. The summed E-state index contributed by atoms with van der Waals surface area (Å²) in [6.45, 7) is 1.50. The van der Waals surface area contributed by atoms with Gasteiger partial charge in [-0.05, 0) is 12.0 Å². The molecule has 1 spiro atoms. The van der Waals surface area contributed by atoms with Gasteiger partial charge in [0.25, 0.3) is 0 Å². The Balaban J connectivity index is 1.50. The minimum Gasteiger partial charge on any atom is -0.445 e. The highest BCUT2D eigenvalue weighted by atomic mass is 16.6. The van der Waals surface area contributed by atoms with Crippen molar-refractivity contribution in [1.29, 1.82) is 0 Å². The number of nitrogens with one attached hydrogen (secondary N) is 1. The van der Waals surface area contributed by atoms with Crippen LogP contribution in [0.15, 0.2) is 30.3 Å². The van der Waals surface area contributed by atoms with Crippen LogP contribution >= 0.6 is 0 Å². The predicted octanol–water partition coefficient (Wildman–Crippen LogP) is 1.29. The monoisotopic (exact) mass is 260 g/mol. The van der Waals surface area contributed by atoms with Gasteiger partial charge in [-0.1, -0.05) is 30.3 Å². The average Bonchev–Trinajstić information content (AvgIpc) is 2.82. The van der Waals surface area contributed by atoms with Crippen molar-refractivity contribution in [2.75, 3.05) is 13.1 Å². The average molecular weight is 260 g/mol. The van der Waals surface area contributed by atoms with Gasteiger partial charge in [0, 0.05) is 13.1 Å². The quantitative estimate of drug-likeness (QED) is 0.815. The molecular formula is C14H16N2O3. The summed E-state index contributed by atoms with van der Waals surface area (Å²) in [5, 5.41) is 2.89.